The van der Waals surface area contributed by atoms with Crippen molar-refractivity contribution in [2.45, 2.75) is 51.0 Å². The Morgan fingerprint density at radius 2 is 2.02 bits per heavy atom. The van der Waals surface area contributed by atoms with Gasteiger partial charge in [0.1, 0.15) is 18.5 Å². The van der Waals surface area contributed by atoms with Crippen molar-refractivity contribution >= 4 is 22.5 Å². The molecule has 0 spiro atoms. The van der Waals surface area contributed by atoms with Crippen LogP contribution in [0.3, 0.4) is 0 Å². The number of carbonyl (C=O) groups is 1. The van der Waals surface area contributed by atoms with Gasteiger partial charge in [-0.2, -0.15) is 9.97 Å². The number of anilines is 1. The van der Waals surface area contributed by atoms with Gasteiger partial charge in [0, 0.05) is 37.7 Å². The molecule has 3 aromatic rings. The molecule has 0 aliphatic carbocycles. The number of aromatic nitrogens is 2. The largest absolute Gasteiger partial charge is 0.462 e. The van der Waals surface area contributed by atoms with Gasteiger partial charge in [-0.25, -0.2) is 6.57 Å². The molecular weight excluding hydrogens is 528 g/mol. The number of hydrogen-bond donors (Lipinski definition) is 0. The van der Waals surface area contributed by atoms with E-state index in [0.717, 1.165) is 30.0 Å². The lowest BCUT2D eigenvalue weighted by Gasteiger charge is -2.40. The third kappa shape index (κ3) is 5.44. The highest BCUT2D eigenvalue weighted by Crippen LogP contribution is 2.38. The number of hydrogen-bond acceptors (Lipinski definition) is 7. The lowest BCUT2D eigenvalue weighted by molar-refractivity contribution is -0.128. The second-order valence-corrected chi connectivity index (χ2v) is 11.5. The first-order chi connectivity index (χ1) is 20.5. The van der Waals surface area contributed by atoms with Crippen LogP contribution in [0.5, 0.6) is 6.01 Å². The van der Waals surface area contributed by atoms with Gasteiger partial charge in [0.05, 0.1) is 18.4 Å². The molecule has 2 fully saturated rings. The number of nitrogens with zero attached hydrogens (tertiary/aromatic N) is 6. The predicted octanol–water partition coefficient (Wildman–Crippen LogP) is 4.35. The molecule has 2 saturated heterocycles. The highest BCUT2D eigenvalue weighted by atomic mass is 16.5. The standard InChI is InChI=1S/C33H38N6O3/c1-5-30(40)39-16-15-38(19-25(39)18-34-3)32-27-21-41-29(26-13-7-11-23-10-6-9-22(2)31(23)26)17-28(27)35-33(36-32)42-20-24-12-8-14-37(24)4/h5-7,9-11,13,24-25,29H,1,8,12,14-21H2,2,4H3/t24-,25+,29-/m0/s1. The van der Waals surface area contributed by atoms with Crippen LogP contribution in [0.25, 0.3) is 15.6 Å². The van der Waals surface area contributed by atoms with Crippen LogP contribution in [0.4, 0.5) is 5.82 Å². The fraction of sp³-hybridized carbons (Fsp3) is 0.455. The van der Waals surface area contributed by atoms with E-state index in [1.807, 2.05) is 0 Å². The second kappa shape index (κ2) is 12.1. The minimum atomic E-state index is -0.250. The molecular formula is C33H38N6O3. The van der Waals surface area contributed by atoms with Crippen LogP contribution >= 0.6 is 0 Å². The molecule has 3 aliphatic rings. The van der Waals surface area contributed by atoms with Crippen LogP contribution in [0.2, 0.25) is 0 Å². The number of likely N-dealkylation sites (tertiary alicyclic amines) is 1. The second-order valence-electron chi connectivity index (χ2n) is 11.5. The molecule has 2 aromatic carbocycles. The monoisotopic (exact) mass is 566 g/mol. The summed E-state index contributed by atoms with van der Waals surface area (Å²) in [6.07, 6.45) is 4.06. The number of ether oxygens (including phenoxy) is 2. The number of benzene rings is 2. The van der Waals surface area contributed by atoms with Crippen LogP contribution in [-0.2, 0) is 22.6 Å². The highest BCUT2D eigenvalue weighted by Gasteiger charge is 2.35. The molecule has 4 heterocycles. The van der Waals surface area contributed by atoms with E-state index in [0.29, 0.717) is 51.3 Å². The van der Waals surface area contributed by atoms with Crippen LogP contribution in [0.1, 0.15) is 41.3 Å². The Morgan fingerprint density at radius 1 is 1.19 bits per heavy atom. The quantitative estimate of drug-likeness (QED) is 0.311. The lowest BCUT2D eigenvalue weighted by Crippen LogP contribution is -2.56. The maximum Gasteiger partial charge on any atom is 0.318 e. The van der Waals surface area contributed by atoms with Crippen LogP contribution in [-0.4, -0.2) is 84.1 Å². The SMILES string of the molecule is [C-]#[N+]C[C@@H]1CN(c2nc(OC[C@@H]3CCCN3C)nc3c2CO[C@H](c2cccc4cccc(C)c24)C3)CCN1C(=O)C=C. The molecule has 3 atom stereocenters. The Hall–Kier alpha value is -4.00. The summed E-state index contributed by atoms with van der Waals surface area (Å²) in [5, 5.41) is 2.43. The fourth-order valence-corrected chi connectivity index (χ4v) is 6.66. The van der Waals surface area contributed by atoms with Crippen molar-refractivity contribution in [3.05, 3.63) is 82.9 Å². The summed E-state index contributed by atoms with van der Waals surface area (Å²) < 4.78 is 12.8. The average molecular weight is 567 g/mol. The van der Waals surface area contributed by atoms with E-state index in [4.69, 9.17) is 26.0 Å². The van der Waals surface area contributed by atoms with Gasteiger partial charge in [-0.05, 0) is 61.3 Å². The van der Waals surface area contributed by atoms with Crippen LogP contribution in [0, 0.1) is 13.5 Å². The van der Waals surface area contributed by atoms with Crippen molar-refractivity contribution in [1.82, 2.24) is 19.8 Å². The zero-order valence-corrected chi connectivity index (χ0v) is 24.5. The first-order valence-electron chi connectivity index (χ1n) is 14.8. The predicted molar refractivity (Wildman–Crippen MR) is 162 cm³/mol. The fourth-order valence-electron chi connectivity index (χ4n) is 6.66. The minimum absolute atomic E-state index is 0.143. The third-order valence-corrected chi connectivity index (χ3v) is 8.97. The molecule has 218 valence electrons. The topological polar surface area (TPSA) is 75.4 Å². The number of amides is 1. The normalized spacial score (nSPS) is 22.5. The van der Waals surface area contributed by atoms with Crippen molar-refractivity contribution in [1.29, 1.82) is 0 Å². The average Bonchev–Trinajstić information content (AvgIpc) is 3.43. The Labute approximate surface area is 247 Å². The number of rotatable bonds is 7. The van der Waals surface area contributed by atoms with Crippen molar-refractivity contribution < 1.29 is 14.3 Å². The summed E-state index contributed by atoms with van der Waals surface area (Å²) in [4.78, 5) is 32.3. The Balaban J connectivity index is 1.34. The summed E-state index contributed by atoms with van der Waals surface area (Å²) in [5.74, 6) is 0.636. The van der Waals surface area contributed by atoms with Crippen molar-refractivity contribution in [3.8, 4) is 6.01 Å². The van der Waals surface area contributed by atoms with Gasteiger partial charge in [0.2, 0.25) is 12.5 Å². The first kappa shape index (κ1) is 28.1. The van der Waals surface area contributed by atoms with Crippen LogP contribution in [0.15, 0.2) is 49.1 Å². The van der Waals surface area contributed by atoms with E-state index in [1.54, 1.807) is 4.90 Å². The Morgan fingerprint density at radius 3 is 2.79 bits per heavy atom. The van der Waals surface area contributed by atoms with E-state index in [2.05, 4.69) is 71.6 Å². The van der Waals surface area contributed by atoms with Gasteiger partial charge in [-0.15, -0.1) is 0 Å². The van der Waals surface area contributed by atoms with Gasteiger partial charge in [0.15, 0.2) is 0 Å². The molecule has 0 N–H and O–H groups in total. The minimum Gasteiger partial charge on any atom is -0.462 e. The van der Waals surface area contributed by atoms with Gasteiger partial charge in [-0.3, -0.25) is 4.79 Å². The maximum absolute atomic E-state index is 12.5. The van der Waals surface area contributed by atoms with Gasteiger partial charge < -0.3 is 29.0 Å². The van der Waals surface area contributed by atoms with E-state index in [1.165, 1.54) is 34.4 Å². The molecule has 3 aliphatic heterocycles. The molecule has 0 bridgehead atoms. The van der Waals surface area contributed by atoms with E-state index in [-0.39, 0.29) is 24.6 Å². The maximum atomic E-state index is 12.5. The number of fused-ring (bicyclic) bond motifs is 2. The van der Waals surface area contributed by atoms with E-state index >= 15 is 0 Å². The highest BCUT2D eigenvalue weighted by molar-refractivity contribution is 5.89. The van der Waals surface area contributed by atoms with Gasteiger partial charge in [-0.1, -0.05) is 43.0 Å². The molecule has 0 saturated carbocycles. The molecule has 1 aromatic heterocycles. The van der Waals surface area contributed by atoms with E-state index < -0.39 is 0 Å². The van der Waals surface area contributed by atoms with Crippen LogP contribution < -0.4 is 9.64 Å². The third-order valence-electron chi connectivity index (χ3n) is 8.97. The number of aryl methyl sites for hydroxylation is 1. The van der Waals surface area contributed by atoms with E-state index in [9.17, 15) is 4.79 Å². The molecule has 9 heteroatoms. The lowest BCUT2D eigenvalue weighted by atomic mass is 9.92. The van der Waals surface area contributed by atoms with Crippen molar-refractivity contribution in [2.24, 2.45) is 0 Å². The summed E-state index contributed by atoms with van der Waals surface area (Å²) in [6.45, 7) is 17.1. The Bertz CT molecular complexity index is 1530. The number of carbonyl (C=O) groups excluding carboxylic acids is 1. The number of likely N-dealkylation sites (N-methyl/N-ethyl adjacent to an activating group) is 1. The zero-order valence-electron chi connectivity index (χ0n) is 24.5. The smallest absolute Gasteiger partial charge is 0.318 e. The molecule has 1 amide bonds. The summed E-state index contributed by atoms with van der Waals surface area (Å²) in [7, 11) is 2.13. The summed E-state index contributed by atoms with van der Waals surface area (Å²) in [6, 6.07) is 13.2. The van der Waals surface area contributed by atoms with Crippen molar-refractivity contribution in [3.63, 3.8) is 0 Å². The Kier molecular flexibility index (Phi) is 8.09. The summed E-state index contributed by atoms with van der Waals surface area (Å²) >= 11 is 0. The zero-order chi connectivity index (χ0) is 29.2. The van der Waals surface area contributed by atoms with Crippen molar-refractivity contribution in [2.75, 3.05) is 51.3 Å². The molecule has 0 radical (unpaired) electrons. The van der Waals surface area contributed by atoms with Gasteiger partial charge in [0.25, 0.3) is 0 Å². The molecule has 9 nitrogen and oxygen atoms in total. The summed E-state index contributed by atoms with van der Waals surface area (Å²) in [5.41, 5.74) is 4.28. The molecule has 0 unspecified atom stereocenters. The first-order valence-corrected chi connectivity index (χ1v) is 14.8. The molecule has 6 rings (SSSR count). The number of piperazine rings is 1. The molecule has 42 heavy (non-hydrogen) atoms. The van der Waals surface area contributed by atoms with Gasteiger partial charge >= 0.3 is 6.01 Å².